The molecule has 1 atom stereocenters. The van der Waals surface area contributed by atoms with Gasteiger partial charge in [0.15, 0.2) is 0 Å². The standard InChI is InChI=1S/C14H24O3Si/c1-4-10-14(3,17-18-16-11-5-2)12-8-6-7-9-13(12)15/h6-9,15H,4-5,10-11,18H2,1-3H3. The number of phenolic OH excluding ortho intramolecular Hbond substituents is 1. The van der Waals surface area contributed by atoms with Crippen LogP contribution in [0.5, 0.6) is 5.75 Å². The molecule has 0 radical (unpaired) electrons. The summed E-state index contributed by atoms with van der Waals surface area (Å²) in [5.74, 6) is 0.304. The van der Waals surface area contributed by atoms with Crippen molar-refractivity contribution < 1.29 is 14.0 Å². The molecule has 3 nitrogen and oxygen atoms in total. The number of phenols is 1. The first-order valence-corrected chi connectivity index (χ1v) is 7.79. The molecule has 1 aromatic rings. The van der Waals surface area contributed by atoms with E-state index in [0.29, 0.717) is 5.75 Å². The van der Waals surface area contributed by atoms with Crippen molar-refractivity contribution in [2.24, 2.45) is 0 Å². The quantitative estimate of drug-likeness (QED) is 0.582. The van der Waals surface area contributed by atoms with Crippen molar-refractivity contribution in [1.29, 1.82) is 0 Å². The molecule has 102 valence electrons. The fourth-order valence-electron chi connectivity index (χ4n) is 2.06. The number of benzene rings is 1. The molecule has 0 saturated carbocycles. The minimum atomic E-state index is -0.995. The van der Waals surface area contributed by atoms with E-state index in [-0.39, 0.29) is 0 Å². The normalized spacial score (nSPS) is 15.1. The van der Waals surface area contributed by atoms with Crippen LogP contribution in [0.4, 0.5) is 0 Å². The van der Waals surface area contributed by atoms with Gasteiger partial charge in [0.25, 0.3) is 0 Å². The van der Waals surface area contributed by atoms with Gasteiger partial charge in [-0.25, -0.2) is 0 Å². The fourth-order valence-corrected chi connectivity index (χ4v) is 3.11. The summed E-state index contributed by atoms with van der Waals surface area (Å²) >= 11 is 0. The Bertz CT molecular complexity index is 357. The van der Waals surface area contributed by atoms with Gasteiger partial charge in [-0.15, -0.1) is 0 Å². The second kappa shape index (κ2) is 7.56. The van der Waals surface area contributed by atoms with Gasteiger partial charge in [0, 0.05) is 12.2 Å². The summed E-state index contributed by atoms with van der Waals surface area (Å²) in [4.78, 5) is 0. The van der Waals surface area contributed by atoms with Crippen molar-refractivity contribution in [3.05, 3.63) is 29.8 Å². The van der Waals surface area contributed by atoms with Crippen molar-refractivity contribution in [3.63, 3.8) is 0 Å². The second-order valence-electron chi connectivity index (χ2n) is 4.67. The average molecular weight is 268 g/mol. The molecular formula is C14H24O3Si. The van der Waals surface area contributed by atoms with Gasteiger partial charge in [0.1, 0.15) is 5.75 Å². The first-order chi connectivity index (χ1) is 8.64. The van der Waals surface area contributed by atoms with Gasteiger partial charge in [-0.1, -0.05) is 38.5 Å². The highest BCUT2D eigenvalue weighted by molar-refractivity contribution is 6.18. The zero-order chi connectivity index (χ0) is 13.4. The van der Waals surface area contributed by atoms with E-state index in [9.17, 15) is 5.11 Å². The molecule has 18 heavy (non-hydrogen) atoms. The van der Waals surface area contributed by atoms with Crippen LogP contribution in [0.15, 0.2) is 24.3 Å². The Balaban J connectivity index is 2.76. The van der Waals surface area contributed by atoms with Crippen molar-refractivity contribution in [1.82, 2.24) is 0 Å². The first kappa shape index (κ1) is 15.2. The van der Waals surface area contributed by atoms with E-state index in [1.54, 1.807) is 6.07 Å². The van der Waals surface area contributed by atoms with E-state index in [2.05, 4.69) is 13.8 Å². The third kappa shape index (κ3) is 4.12. The van der Waals surface area contributed by atoms with Crippen LogP contribution >= 0.6 is 0 Å². The monoisotopic (exact) mass is 268 g/mol. The first-order valence-electron chi connectivity index (χ1n) is 6.64. The SMILES string of the molecule is CCCO[SiH2]OC(C)(CCC)c1ccccc1O. The lowest BCUT2D eigenvalue weighted by Gasteiger charge is -2.31. The molecule has 0 aromatic heterocycles. The number of aromatic hydroxyl groups is 1. The zero-order valence-electron chi connectivity index (χ0n) is 11.6. The summed E-state index contributed by atoms with van der Waals surface area (Å²) in [5, 5.41) is 9.97. The van der Waals surface area contributed by atoms with Crippen LogP contribution in [0, 0.1) is 0 Å². The highest BCUT2D eigenvalue weighted by atomic mass is 28.3. The van der Waals surface area contributed by atoms with Crippen LogP contribution in [0.1, 0.15) is 45.6 Å². The van der Waals surface area contributed by atoms with Crippen molar-refractivity contribution in [2.75, 3.05) is 6.61 Å². The van der Waals surface area contributed by atoms with Crippen LogP contribution in [-0.2, 0) is 14.5 Å². The second-order valence-corrected chi connectivity index (χ2v) is 5.60. The molecule has 0 aliphatic carbocycles. The van der Waals surface area contributed by atoms with Gasteiger partial charge >= 0.3 is 10.0 Å². The summed E-state index contributed by atoms with van der Waals surface area (Å²) in [6, 6.07) is 7.40. The molecule has 1 unspecified atom stereocenters. The molecular weight excluding hydrogens is 244 g/mol. The van der Waals surface area contributed by atoms with Gasteiger partial charge in [-0.2, -0.15) is 0 Å². The molecule has 0 heterocycles. The Morgan fingerprint density at radius 2 is 1.94 bits per heavy atom. The summed E-state index contributed by atoms with van der Waals surface area (Å²) in [6.45, 7) is 7.00. The van der Waals surface area contributed by atoms with E-state index < -0.39 is 15.6 Å². The Morgan fingerprint density at radius 3 is 2.56 bits per heavy atom. The zero-order valence-corrected chi connectivity index (χ0v) is 13.0. The van der Waals surface area contributed by atoms with Gasteiger partial charge in [-0.3, -0.25) is 0 Å². The largest absolute Gasteiger partial charge is 0.508 e. The van der Waals surface area contributed by atoms with Crippen molar-refractivity contribution >= 4 is 10.0 Å². The Hall–Kier alpha value is -0.843. The van der Waals surface area contributed by atoms with Crippen molar-refractivity contribution in [2.45, 2.75) is 45.6 Å². The Labute approximate surface area is 112 Å². The number of rotatable bonds is 8. The van der Waals surface area contributed by atoms with Gasteiger partial charge in [0.05, 0.1) is 5.60 Å². The van der Waals surface area contributed by atoms with E-state index in [4.69, 9.17) is 8.85 Å². The molecule has 0 amide bonds. The number of hydrogen-bond donors (Lipinski definition) is 1. The van der Waals surface area contributed by atoms with Crippen molar-refractivity contribution in [3.8, 4) is 5.75 Å². The third-order valence-corrected chi connectivity index (χ3v) is 4.22. The highest BCUT2D eigenvalue weighted by Crippen LogP contribution is 2.35. The topological polar surface area (TPSA) is 38.7 Å². The minimum Gasteiger partial charge on any atom is -0.508 e. The van der Waals surface area contributed by atoms with E-state index >= 15 is 0 Å². The predicted octanol–water partition coefficient (Wildman–Crippen LogP) is 2.85. The molecule has 0 aliphatic rings. The van der Waals surface area contributed by atoms with Crippen LogP contribution < -0.4 is 0 Å². The maximum absolute atomic E-state index is 9.97. The summed E-state index contributed by atoms with van der Waals surface area (Å²) in [6.07, 6.45) is 2.90. The molecule has 0 bridgehead atoms. The fraction of sp³-hybridized carbons (Fsp3) is 0.571. The summed E-state index contributed by atoms with van der Waals surface area (Å²) in [5.41, 5.74) is 0.430. The van der Waals surface area contributed by atoms with Crippen LogP contribution in [-0.4, -0.2) is 21.7 Å². The summed E-state index contributed by atoms with van der Waals surface area (Å²) < 4.78 is 11.5. The third-order valence-electron chi connectivity index (χ3n) is 3.01. The van der Waals surface area contributed by atoms with Crippen LogP contribution in [0.3, 0.4) is 0 Å². The van der Waals surface area contributed by atoms with Gasteiger partial charge in [0.2, 0.25) is 0 Å². The van der Waals surface area contributed by atoms with E-state index in [1.165, 1.54) is 0 Å². The highest BCUT2D eigenvalue weighted by Gasteiger charge is 2.28. The Morgan fingerprint density at radius 1 is 1.22 bits per heavy atom. The molecule has 4 heteroatoms. The molecule has 1 rings (SSSR count). The lowest BCUT2D eigenvalue weighted by atomic mass is 9.91. The molecule has 0 fully saturated rings. The smallest absolute Gasteiger partial charge is 0.305 e. The predicted molar refractivity (Wildman–Crippen MR) is 76.2 cm³/mol. The Kier molecular flexibility index (Phi) is 6.39. The van der Waals surface area contributed by atoms with E-state index in [0.717, 1.165) is 31.4 Å². The maximum Gasteiger partial charge on any atom is 0.305 e. The molecule has 1 N–H and O–H groups in total. The summed E-state index contributed by atoms with van der Waals surface area (Å²) in [7, 11) is -0.995. The molecule has 0 saturated heterocycles. The molecule has 0 aliphatic heterocycles. The number of hydrogen-bond acceptors (Lipinski definition) is 3. The maximum atomic E-state index is 9.97. The average Bonchev–Trinajstić information content (AvgIpc) is 2.35. The lowest BCUT2D eigenvalue weighted by molar-refractivity contribution is 0.0501. The van der Waals surface area contributed by atoms with Crippen LogP contribution in [0.2, 0.25) is 0 Å². The van der Waals surface area contributed by atoms with Gasteiger partial charge < -0.3 is 14.0 Å². The molecule has 0 spiro atoms. The molecule has 1 aromatic carbocycles. The van der Waals surface area contributed by atoms with Crippen LogP contribution in [0.25, 0.3) is 0 Å². The minimum absolute atomic E-state index is 0.304. The number of para-hydroxylation sites is 1. The van der Waals surface area contributed by atoms with Gasteiger partial charge in [-0.05, 0) is 25.8 Å². The lowest BCUT2D eigenvalue weighted by Crippen LogP contribution is -2.29. The van der Waals surface area contributed by atoms with E-state index in [1.807, 2.05) is 25.1 Å².